The van der Waals surface area contributed by atoms with Crippen molar-refractivity contribution in [3.63, 3.8) is 0 Å². The number of rotatable bonds is 6. The van der Waals surface area contributed by atoms with Crippen molar-refractivity contribution in [1.82, 2.24) is 10.3 Å². The summed E-state index contributed by atoms with van der Waals surface area (Å²) in [6.45, 7) is 5.65. The van der Waals surface area contributed by atoms with Crippen molar-refractivity contribution in [3.8, 4) is 0 Å². The summed E-state index contributed by atoms with van der Waals surface area (Å²) in [7, 11) is 1.64. The first-order valence-electron chi connectivity index (χ1n) is 7.33. The van der Waals surface area contributed by atoms with Crippen LogP contribution in [0.3, 0.4) is 0 Å². The van der Waals surface area contributed by atoms with Gasteiger partial charge in [-0.15, -0.1) is 0 Å². The van der Waals surface area contributed by atoms with E-state index in [9.17, 15) is 4.79 Å². The van der Waals surface area contributed by atoms with Crippen LogP contribution in [0.1, 0.15) is 36.4 Å². The minimum absolute atomic E-state index is 0.115. The second-order valence-corrected chi connectivity index (χ2v) is 6.65. The normalized spacial score (nSPS) is 25.0. The molecule has 1 aliphatic carbocycles. The molecular formula is C14H24N4O2S. The van der Waals surface area contributed by atoms with Gasteiger partial charge in [-0.05, 0) is 24.7 Å². The van der Waals surface area contributed by atoms with Gasteiger partial charge in [0.1, 0.15) is 10.7 Å². The fourth-order valence-electron chi connectivity index (χ4n) is 2.63. The molecule has 1 fully saturated rings. The Labute approximate surface area is 129 Å². The fraction of sp³-hybridized carbons (Fsp3) is 0.714. The van der Waals surface area contributed by atoms with E-state index in [1.807, 2.05) is 0 Å². The predicted octanol–water partition coefficient (Wildman–Crippen LogP) is 1.95. The van der Waals surface area contributed by atoms with Gasteiger partial charge < -0.3 is 21.1 Å². The molecule has 0 spiro atoms. The number of thiazole rings is 1. The van der Waals surface area contributed by atoms with Crippen molar-refractivity contribution < 1.29 is 9.53 Å². The molecule has 4 N–H and O–H groups in total. The smallest absolute Gasteiger partial charge is 0.265 e. The van der Waals surface area contributed by atoms with E-state index in [0.717, 1.165) is 12.8 Å². The molecule has 2 rings (SSSR count). The molecular weight excluding hydrogens is 288 g/mol. The molecule has 0 aliphatic heterocycles. The predicted molar refractivity (Wildman–Crippen MR) is 85.7 cm³/mol. The number of ether oxygens (including phenoxy) is 1. The van der Waals surface area contributed by atoms with Gasteiger partial charge in [-0.1, -0.05) is 25.2 Å². The molecule has 1 heterocycles. The highest BCUT2D eigenvalue weighted by Gasteiger charge is 2.31. The maximum Gasteiger partial charge on any atom is 0.265 e. The minimum Gasteiger partial charge on any atom is -0.383 e. The molecule has 0 saturated heterocycles. The number of hydrogen-bond acceptors (Lipinski definition) is 6. The van der Waals surface area contributed by atoms with Crippen LogP contribution in [-0.2, 0) is 4.74 Å². The number of hydrogen-bond donors (Lipinski definition) is 3. The second kappa shape index (κ2) is 7.09. The lowest BCUT2D eigenvalue weighted by molar-refractivity contribution is 0.0932. The number of nitrogen functional groups attached to an aromatic ring is 1. The van der Waals surface area contributed by atoms with E-state index < -0.39 is 0 Å². The third-order valence-corrected chi connectivity index (χ3v) is 5.25. The van der Waals surface area contributed by atoms with Crippen molar-refractivity contribution >= 4 is 28.2 Å². The zero-order chi connectivity index (χ0) is 15.4. The molecule has 3 atom stereocenters. The van der Waals surface area contributed by atoms with E-state index >= 15 is 0 Å². The fourth-order valence-corrected chi connectivity index (χ4v) is 3.45. The summed E-state index contributed by atoms with van der Waals surface area (Å²) < 4.78 is 4.96. The van der Waals surface area contributed by atoms with Crippen molar-refractivity contribution in [2.75, 3.05) is 31.3 Å². The Bertz CT molecular complexity index is 491. The molecule has 0 aromatic carbocycles. The van der Waals surface area contributed by atoms with Gasteiger partial charge in [-0.2, -0.15) is 0 Å². The van der Waals surface area contributed by atoms with E-state index in [4.69, 9.17) is 10.5 Å². The lowest BCUT2D eigenvalue weighted by atomic mass is 9.98. The minimum atomic E-state index is -0.115. The second-order valence-electron chi connectivity index (χ2n) is 5.65. The number of amides is 1. The molecule has 1 aliphatic rings. The van der Waals surface area contributed by atoms with Gasteiger partial charge in [0.25, 0.3) is 5.91 Å². The van der Waals surface area contributed by atoms with Crippen LogP contribution in [0.2, 0.25) is 0 Å². The third kappa shape index (κ3) is 3.85. The van der Waals surface area contributed by atoms with E-state index in [1.54, 1.807) is 7.11 Å². The molecule has 0 bridgehead atoms. The Kier molecular flexibility index (Phi) is 5.41. The Morgan fingerprint density at radius 2 is 2.24 bits per heavy atom. The maximum atomic E-state index is 12.3. The van der Waals surface area contributed by atoms with E-state index in [0.29, 0.717) is 35.0 Å². The highest BCUT2D eigenvalue weighted by molar-refractivity contribution is 7.18. The zero-order valence-corrected chi connectivity index (χ0v) is 13.6. The van der Waals surface area contributed by atoms with Crippen LogP contribution in [0.4, 0.5) is 10.9 Å². The molecule has 1 aromatic heterocycles. The van der Waals surface area contributed by atoms with Crippen LogP contribution in [0.5, 0.6) is 0 Å². The summed E-state index contributed by atoms with van der Waals surface area (Å²) in [6.07, 6.45) is 2.19. The summed E-state index contributed by atoms with van der Waals surface area (Å²) in [5, 5.41) is 6.84. The Morgan fingerprint density at radius 1 is 1.48 bits per heavy atom. The quantitative estimate of drug-likeness (QED) is 0.699. The van der Waals surface area contributed by atoms with Gasteiger partial charge >= 0.3 is 0 Å². The van der Waals surface area contributed by atoms with Crippen LogP contribution in [0.25, 0.3) is 0 Å². The number of carbonyl (C=O) groups is 1. The summed E-state index contributed by atoms with van der Waals surface area (Å²) in [6, 6.07) is 0.235. The van der Waals surface area contributed by atoms with Crippen molar-refractivity contribution in [2.45, 2.75) is 32.7 Å². The van der Waals surface area contributed by atoms with E-state index in [2.05, 4.69) is 29.5 Å². The summed E-state index contributed by atoms with van der Waals surface area (Å²) in [5.74, 6) is 1.33. The summed E-state index contributed by atoms with van der Waals surface area (Å²) in [4.78, 5) is 17.0. The largest absolute Gasteiger partial charge is 0.383 e. The average Bonchev–Trinajstić information content (AvgIpc) is 2.96. The Hall–Kier alpha value is -1.34. The molecule has 7 heteroatoms. The van der Waals surface area contributed by atoms with Crippen LogP contribution < -0.4 is 16.4 Å². The number of nitrogens with two attached hydrogens (primary N) is 1. The first-order chi connectivity index (χ1) is 10.0. The summed E-state index contributed by atoms with van der Waals surface area (Å²) >= 11 is 1.29. The van der Waals surface area contributed by atoms with Gasteiger partial charge in [0.05, 0.1) is 6.61 Å². The Balaban J connectivity index is 1.96. The number of anilines is 2. The molecule has 0 radical (unpaired) electrons. The number of aromatic nitrogens is 1. The SMILES string of the molecule is COCCNc1nc(N)c(C(=O)NC2CCC(C)C2C)s1. The molecule has 1 amide bonds. The van der Waals surface area contributed by atoms with Crippen LogP contribution >= 0.6 is 11.3 Å². The van der Waals surface area contributed by atoms with Gasteiger partial charge in [0, 0.05) is 19.7 Å². The van der Waals surface area contributed by atoms with Crippen molar-refractivity contribution in [3.05, 3.63) is 4.88 Å². The molecule has 3 unspecified atom stereocenters. The number of methoxy groups -OCH3 is 1. The topological polar surface area (TPSA) is 89.3 Å². The standard InChI is InChI=1S/C14H24N4O2S/c1-8-4-5-10(9(8)2)17-13(19)11-12(15)18-14(21-11)16-6-7-20-3/h8-10H,4-7,15H2,1-3H3,(H,16,18)(H,17,19). The zero-order valence-electron chi connectivity index (χ0n) is 12.8. The van der Waals surface area contributed by atoms with Crippen molar-refractivity contribution in [2.24, 2.45) is 11.8 Å². The average molecular weight is 312 g/mol. The maximum absolute atomic E-state index is 12.3. The Morgan fingerprint density at radius 3 is 2.86 bits per heavy atom. The molecule has 21 heavy (non-hydrogen) atoms. The van der Waals surface area contributed by atoms with Gasteiger partial charge in [0.15, 0.2) is 5.13 Å². The number of nitrogens with zero attached hydrogens (tertiary/aromatic N) is 1. The molecule has 1 aromatic rings. The van der Waals surface area contributed by atoms with Crippen LogP contribution in [0, 0.1) is 11.8 Å². The van der Waals surface area contributed by atoms with E-state index in [1.165, 1.54) is 11.3 Å². The lowest BCUT2D eigenvalue weighted by Crippen LogP contribution is -2.37. The van der Waals surface area contributed by atoms with Gasteiger partial charge in [-0.25, -0.2) is 4.98 Å². The first kappa shape index (κ1) is 16.0. The van der Waals surface area contributed by atoms with Crippen LogP contribution in [0.15, 0.2) is 0 Å². The van der Waals surface area contributed by atoms with Crippen molar-refractivity contribution in [1.29, 1.82) is 0 Å². The number of nitrogens with one attached hydrogen (secondary N) is 2. The van der Waals surface area contributed by atoms with Gasteiger partial charge in [-0.3, -0.25) is 4.79 Å². The first-order valence-corrected chi connectivity index (χ1v) is 8.14. The van der Waals surface area contributed by atoms with Gasteiger partial charge in [0.2, 0.25) is 0 Å². The lowest BCUT2D eigenvalue weighted by Gasteiger charge is -2.19. The molecule has 118 valence electrons. The summed E-state index contributed by atoms with van der Waals surface area (Å²) in [5.41, 5.74) is 5.85. The monoisotopic (exact) mass is 312 g/mol. The van der Waals surface area contributed by atoms with Crippen LogP contribution in [-0.4, -0.2) is 37.2 Å². The third-order valence-electron chi connectivity index (χ3n) is 4.22. The highest BCUT2D eigenvalue weighted by atomic mass is 32.1. The molecule has 1 saturated carbocycles. The molecule has 6 nitrogen and oxygen atoms in total. The number of carbonyl (C=O) groups excluding carboxylic acids is 1. The van der Waals surface area contributed by atoms with E-state index in [-0.39, 0.29) is 17.8 Å². The highest BCUT2D eigenvalue weighted by Crippen LogP contribution is 2.32.